The zero-order chi connectivity index (χ0) is 14.4. The third-order valence-electron chi connectivity index (χ3n) is 2.60. The van der Waals surface area contributed by atoms with Gasteiger partial charge in [-0.15, -0.1) is 0 Å². The van der Waals surface area contributed by atoms with Crippen LogP contribution in [0.3, 0.4) is 0 Å². The summed E-state index contributed by atoms with van der Waals surface area (Å²) in [6, 6.07) is 4.90. The number of nitrogens with two attached hydrogens (primary N) is 1. The number of hydrogen-bond acceptors (Lipinski definition) is 4. The van der Waals surface area contributed by atoms with Gasteiger partial charge in [0.15, 0.2) is 0 Å². The summed E-state index contributed by atoms with van der Waals surface area (Å²) in [7, 11) is 1.62. The molecule has 0 bridgehead atoms. The molecule has 1 heterocycles. The van der Waals surface area contributed by atoms with E-state index in [1.54, 1.807) is 19.6 Å². The summed E-state index contributed by atoms with van der Waals surface area (Å²) in [6.45, 7) is 0.633. The Kier molecular flexibility index (Phi) is 4.33. The highest BCUT2D eigenvalue weighted by molar-refractivity contribution is 5.82. The van der Waals surface area contributed by atoms with E-state index in [0.29, 0.717) is 6.54 Å². The van der Waals surface area contributed by atoms with E-state index >= 15 is 0 Å². The maximum Gasteiger partial charge on any atom is 0.332 e. The van der Waals surface area contributed by atoms with Crippen LogP contribution in [0.4, 0.5) is 4.79 Å². The molecule has 7 heteroatoms. The summed E-state index contributed by atoms with van der Waals surface area (Å²) in [6.07, 6.45) is 6.83. The molecule has 0 radical (unpaired) electrons. The molecule has 0 saturated carbocycles. The number of urea groups is 1. The van der Waals surface area contributed by atoms with Crippen molar-refractivity contribution in [2.24, 2.45) is 10.8 Å². The molecule has 0 atom stereocenters. The highest BCUT2D eigenvalue weighted by atomic mass is 16.5. The number of methoxy groups -OCH3 is 1. The normalized spacial score (nSPS) is 10.7. The molecule has 2 rings (SSSR count). The van der Waals surface area contributed by atoms with Crippen molar-refractivity contribution in [2.45, 2.75) is 6.54 Å². The average Bonchev–Trinajstić information content (AvgIpc) is 2.91. The molecule has 0 aliphatic rings. The maximum absolute atomic E-state index is 10.5. The van der Waals surface area contributed by atoms with E-state index in [1.807, 2.05) is 29.0 Å². The van der Waals surface area contributed by atoms with Crippen molar-refractivity contribution in [3.8, 4) is 5.75 Å². The lowest BCUT2D eigenvalue weighted by atomic mass is 10.1. The minimum atomic E-state index is -0.701. The van der Waals surface area contributed by atoms with Crippen LogP contribution in [-0.4, -0.2) is 28.9 Å². The smallest absolute Gasteiger partial charge is 0.332 e. The summed E-state index contributed by atoms with van der Waals surface area (Å²) < 4.78 is 7.25. The van der Waals surface area contributed by atoms with Crippen molar-refractivity contribution in [1.29, 1.82) is 0 Å². The zero-order valence-electron chi connectivity index (χ0n) is 11.0. The highest BCUT2D eigenvalue weighted by Gasteiger charge is 2.04. The van der Waals surface area contributed by atoms with E-state index in [4.69, 9.17) is 10.5 Å². The number of carbonyl (C=O) groups is 1. The Hall–Kier alpha value is -2.83. The lowest BCUT2D eigenvalue weighted by molar-refractivity contribution is 0.249. The SMILES string of the molecule is COc1ccc(C=NNC(N)=O)cc1Cn1ccnc1. The number of nitrogens with one attached hydrogen (secondary N) is 1. The van der Waals surface area contributed by atoms with Crippen LogP contribution >= 0.6 is 0 Å². The summed E-state index contributed by atoms with van der Waals surface area (Å²) >= 11 is 0. The largest absolute Gasteiger partial charge is 0.496 e. The van der Waals surface area contributed by atoms with Crippen LogP contribution in [-0.2, 0) is 6.54 Å². The fourth-order valence-electron chi connectivity index (χ4n) is 1.75. The molecule has 0 fully saturated rings. The number of ether oxygens (including phenoxy) is 1. The van der Waals surface area contributed by atoms with Gasteiger partial charge in [0.2, 0.25) is 0 Å². The van der Waals surface area contributed by atoms with E-state index < -0.39 is 6.03 Å². The third-order valence-corrected chi connectivity index (χ3v) is 2.60. The quantitative estimate of drug-likeness (QED) is 0.627. The number of hydrogen-bond donors (Lipinski definition) is 2. The zero-order valence-corrected chi connectivity index (χ0v) is 11.0. The van der Waals surface area contributed by atoms with Gasteiger partial charge in [0.25, 0.3) is 0 Å². The number of primary amides is 1. The molecule has 104 valence electrons. The summed E-state index contributed by atoms with van der Waals surface area (Å²) in [5.41, 5.74) is 8.89. The van der Waals surface area contributed by atoms with Gasteiger partial charge in [0.1, 0.15) is 5.75 Å². The van der Waals surface area contributed by atoms with Gasteiger partial charge in [-0.1, -0.05) is 0 Å². The molecule has 2 aromatic rings. The molecule has 0 aliphatic carbocycles. The Morgan fingerprint density at radius 3 is 3.10 bits per heavy atom. The van der Waals surface area contributed by atoms with Gasteiger partial charge in [-0.05, 0) is 23.8 Å². The lowest BCUT2D eigenvalue weighted by Gasteiger charge is -2.10. The van der Waals surface area contributed by atoms with E-state index in [-0.39, 0.29) is 0 Å². The molecule has 2 amide bonds. The molecular formula is C13H15N5O2. The van der Waals surface area contributed by atoms with E-state index in [1.165, 1.54) is 6.21 Å². The van der Waals surface area contributed by atoms with E-state index in [2.05, 4.69) is 15.5 Å². The minimum absolute atomic E-state index is 0.633. The second-order valence-electron chi connectivity index (χ2n) is 4.04. The monoisotopic (exact) mass is 273 g/mol. The Morgan fingerprint density at radius 2 is 2.45 bits per heavy atom. The van der Waals surface area contributed by atoms with Gasteiger partial charge in [0.05, 0.1) is 26.2 Å². The molecule has 1 aromatic heterocycles. The highest BCUT2D eigenvalue weighted by Crippen LogP contribution is 2.20. The van der Waals surface area contributed by atoms with Crippen LogP contribution in [0.5, 0.6) is 5.75 Å². The predicted molar refractivity (Wildman–Crippen MR) is 74.6 cm³/mol. The molecular weight excluding hydrogens is 258 g/mol. The predicted octanol–water partition coefficient (Wildman–Crippen LogP) is 0.942. The third kappa shape index (κ3) is 3.58. The summed E-state index contributed by atoms with van der Waals surface area (Å²) in [4.78, 5) is 14.5. The molecule has 3 N–H and O–H groups in total. The number of amides is 2. The van der Waals surface area contributed by atoms with Gasteiger partial charge in [-0.25, -0.2) is 15.2 Å². The van der Waals surface area contributed by atoms with Crippen LogP contribution in [0.15, 0.2) is 42.0 Å². The first-order valence-electron chi connectivity index (χ1n) is 5.90. The van der Waals surface area contributed by atoms with Gasteiger partial charge < -0.3 is 15.0 Å². The first kappa shape index (κ1) is 13.6. The van der Waals surface area contributed by atoms with Crippen molar-refractivity contribution in [3.63, 3.8) is 0 Å². The molecule has 20 heavy (non-hydrogen) atoms. The fraction of sp³-hybridized carbons (Fsp3) is 0.154. The van der Waals surface area contributed by atoms with Crippen LogP contribution in [0, 0.1) is 0 Å². The molecule has 1 aromatic carbocycles. The van der Waals surface area contributed by atoms with Crippen molar-refractivity contribution in [2.75, 3.05) is 7.11 Å². The number of carbonyl (C=O) groups excluding carboxylic acids is 1. The second-order valence-corrected chi connectivity index (χ2v) is 4.04. The van der Waals surface area contributed by atoms with Crippen LogP contribution in [0.2, 0.25) is 0 Å². The van der Waals surface area contributed by atoms with Gasteiger partial charge >= 0.3 is 6.03 Å². The number of imidazole rings is 1. The van der Waals surface area contributed by atoms with Gasteiger partial charge in [0, 0.05) is 18.0 Å². The standard InChI is InChI=1S/C13H15N5O2/c1-20-12-3-2-10(7-16-17-13(14)19)6-11(12)8-18-5-4-15-9-18/h2-7,9H,8H2,1H3,(H3,14,17,19). The fourth-order valence-corrected chi connectivity index (χ4v) is 1.75. The van der Waals surface area contributed by atoms with Crippen molar-refractivity contribution in [3.05, 3.63) is 48.0 Å². The maximum atomic E-state index is 10.5. The molecule has 0 spiro atoms. The second kappa shape index (κ2) is 6.37. The topological polar surface area (TPSA) is 94.5 Å². The van der Waals surface area contributed by atoms with Crippen molar-refractivity contribution < 1.29 is 9.53 Å². The first-order valence-corrected chi connectivity index (χ1v) is 5.90. The van der Waals surface area contributed by atoms with Crippen LogP contribution in [0.1, 0.15) is 11.1 Å². The first-order chi connectivity index (χ1) is 9.69. The lowest BCUT2D eigenvalue weighted by Crippen LogP contribution is -2.24. The summed E-state index contributed by atoms with van der Waals surface area (Å²) in [5, 5.41) is 3.73. The molecule has 0 saturated heterocycles. The van der Waals surface area contributed by atoms with Gasteiger partial charge in [-0.3, -0.25) is 0 Å². The van der Waals surface area contributed by atoms with Crippen LogP contribution in [0.25, 0.3) is 0 Å². The van der Waals surface area contributed by atoms with E-state index in [9.17, 15) is 4.79 Å². The van der Waals surface area contributed by atoms with E-state index in [0.717, 1.165) is 16.9 Å². The van der Waals surface area contributed by atoms with Crippen molar-refractivity contribution >= 4 is 12.2 Å². The Morgan fingerprint density at radius 1 is 1.60 bits per heavy atom. The average molecular weight is 273 g/mol. The number of nitrogens with zero attached hydrogens (tertiary/aromatic N) is 3. The van der Waals surface area contributed by atoms with Crippen molar-refractivity contribution in [1.82, 2.24) is 15.0 Å². The molecule has 0 unspecified atom stereocenters. The number of rotatable bonds is 5. The summed E-state index contributed by atoms with van der Waals surface area (Å²) in [5.74, 6) is 0.777. The Labute approximate surface area is 116 Å². The molecule has 0 aliphatic heterocycles. The number of aromatic nitrogens is 2. The number of benzene rings is 1. The number of hydrazone groups is 1. The van der Waals surface area contributed by atoms with Crippen LogP contribution < -0.4 is 15.9 Å². The molecule has 7 nitrogen and oxygen atoms in total. The Balaban J connectivity index is 2.20. The van der Waals surface area contributed by atoms with Gasteiger partial charge in [-0.2, -0.15) is 5.10 Å². The Bertz CT molecular complexity index is 607. The minimum Gasteiger partial charge on any atom is -0.496 e.